The molecular weight excluding hydrogens is 250 g/mol. The molecule has 1 aliphatic heterocycles. The molecule has 0 aromatic carbocycles. The lowest BCUT2D eigenvalue weighted by Crippen LogP contribution is -2.50. The summed E-state index contributed by atoms with van der Waals surface area (Å²) in [5.41, 5.74) is 0. The third kappa shape index (κ3) is 4.11. The van der Waals surface area contributed by atoms with Gasteiger partial charge in [0.2, 0.25) is 5.91 Å². The van der Waals surface area contributed by atoms with E-state index in [1.165, 1.54) is 9.80 Å². The second kappa shape index (κ2) is 6.40. The second-order valence-electron chi connectivity index (χ2n) is 4.99. The van der Waals surface area contributed by atoms with Gasteiger partial charge in [-0.15, -0.1) is 0 Å². The average molecular weight is 271 g/mol. The van der Waals surface area contributed by atoms with Gasteiger partial charge in [0, 0.05) is 26.2 Å². The van der Waals surface area contributed by atoms with Gasteiger partial charge in [0.1, 0.15) is 13.1 Å². The number of hydrogen-bond acceptors (Lipinski definition) is 3. The highest BCUT2D eigenvalue weighted by atomic mass is 16.4. The largest absolute Gasteiger partial charge is 0.480 e. The van der Waals surface area contributed by atoms with Crippen LogP contribution in [0.4, 0.5) is 4.79 Å². The zero-order valence-electron chi connectivity index (χ0n) is 11.6. The average Bonchev–Trinajstić information content (AvgIpc) is 2.48. The summed E-state index contributed by atoms with van der Waals surface area (Å²) >= 11 is 0. The van der Waals surface area contributed by atoms with Gasteiger partial charge >= 0.3 is 12.0 Å². The second-order valence-corrected chi connectivity index (χ2v) is 4.99. The molecule has 0 aromatic heterocycles. The van der Waals surface area contributed by atoms with Gasteiger partial charge in [0.05, 0.1) is 0 Å². The first-order valence-electron chi connectivity index (χ1n) is 6.34. The van der Waals surface area contributed by atoms with Gasteiger partial charge in [-0.25, -0.2) is 4.79 Å². The lowest BCUT2D eigenvalue weighted by molar-refractivity contribution is -0.138. The summed E-state index contributed by atoms with van der Waals surface area (Å²) in [5.74, 6) is -1.18. The van der Waals surface area contributed by atoms with Crippen molar-refractivity contribution >= 4 is 17.9 Å². The lowest BCUT2D eigenvalue weighted by Gasteiger charge is -2.31. The van der Waals surface area contributed by atoms with Crippen LogP contribution in [0.2, 0.25) is 0 Å². The van der Waals surface area contributed by atoms with Gasteiger partial charge in [0.25, 0.3) is 0 Å². The third-order valence-electron chi connectivity index (χ3n) is 3.12. The van der Waals surface area contributed by atoms with Gasteiger partial charge in [-0.3, -0.25) is 9.59 Å². The number of carbonyl (C=O) groups excluding carboxylic acids is 2. The molecule has 1 heterocycles. The number of hydrogen-bond donors (Lipinski definition) is 1. The van der Waals surface area contributed by atoms with Crippen LogP contribution in [0.3, 0.4) is 0 Å². The molecule has 19 heavy (non-hydrogen) atoms. The Morgan fingerprint density at radius 2 is 2.00 bits per heavy atom. The molecule has 0 aliphatic carbocycles. The van der Waals surface area contributed by atoms with Gasteiger partial charge < -0.3 is 19.8 Å². The van der Waals surface area contributed by atoms with Crippen LogP contribution < -0.4 is 0 Å². The molecule has 1 fully saturated rings. The van der Waals surface area contributed by atoms with E-state index in [1.54, 1.807) is 25.8 Å². The monoisotopic (exact) mass is 271 g/mol. The van der Waals surface area contributed by atoms with E-state index in [9.17, 15) is 14.4 Å². The molecule has 3 amide bonds. The number of carboxylic acids is 1. The molecule has 0 radical (unpaired) electrons. The van der Waals surface area contributed by atoms with Gasteiger partial charge in [-0.2, -0.15) is 0 Å². The number of likely N-dealkylation sites (N-methyl/N-ethyl adjacent to an activating group) is 1. The van der Waals surface area contributed by atoms with Crippen LogP contribution in [0.15, 0.2) is 0 Å². The summed E-state index contributed by atoms with van der Waals surface area (Å²) in [6, 6.07) is -0.610. The summed E-state index contributed by atoms with van der Waals surface area (Å²) in [4.78, 5) is 39.1. The van der Waals surface area contributed by atoms with Gasteiger partial charge in [0.15, 0.2) is 0 Å². The Kier molecular flexibility index (Phi) is 5.14. The molecular formula is C12H21N3O4. The predicted molar refractivity (Wildman–Crippen MR) is 68.7 cm³/mol. The van der Waals surface area contributed by atoms with Crippen LogP contribution in [0.25, 0.3) is 0 Å². The smallest absolute Gasteiger partial charge is 0.323 e. The number of rotatable bonds is 3. The fourth-order valence-electron chi connectivity index (χ4n) is 1.95. The van der Waals surface area contributed by atoms with Crippen LogP contribution in [0.5, 0.6) is 0 Å². The van der Waals surface area contributed by atoms with Crippen molar-refractivity contribution in [3.63, 3.8) is 0 Å². The molecule has 1 aliphatic rings. The molecule has 7 heteroatoms. The summed E-state index contributed by atoms with van der Waals surface area (Å²) in [7, 11) is 1.70. The topological polar surface area (TPSA) is 81.2 Å². The fraction of sp³-hybridized carbons (Fsp3) is 0.750. The normalized spacial score (nSPS) is 16.5. The number of carbonyl (C=O) groups is 3. The minimum absolute atomic E-state index is 0.0121. The van der Waals surface area contributed by atoms with Crippen molar-refractivity contribution in [1.82, 2.24) is 14.7 Å². The Hall–Kier alpha value is -1.79. The Labute approximate surface area is 112 Å². The quantitative estimate of drug-likeness (QED) is 0.787. The summed E-state index contributed by atoms with van der Waals surface area (Å²) in [6.07, 6.45) is 0.701. The lowest BCUT2D eigenvalue weighted by atomic mass is 10.3. The highest BCUT2D eigenvalue weighted by molar-refractivity contribution is 5.86. The number of carboxylic acid groups (broad SMARTS) is 1. The van der Waals surface area contributed by atoms with Crippen LogP contribution in [-0.4, -0.2) is 77.0 Å². The Morgan fingerprint density at radius 3 is 2.53 bits per heavy atom. The van der Waals surface area contributed by atoms with E-state index in [0.717, 1.165) is 0 Å². The molecule has 108 valence electrons. The van der Waals surface area contributed by atoms with Crippen molar-refractivity contribution in [1.29, 1.82) is 0 Å². The van der Waals surface area contributed by atoms with Crippen molar-refractivity contribution in [3.05, 3.63) is 0 Å². The first-order chi connectivity index (χ1) is 8.82. The molecule has 0 saturated carbocycles. The molecule has 0 atom stereocenters. The zero-order valence-corrected chi connectivity index (χ0v) is 11.6. The zero-order chi connectivity index (χ0) is 14.6. The standard InChI is InChI=1S/C12H21N3O4/c1-9(2)15(8-11(17)18)12(19)14-6-4-5-13(3)10(16)7-14/h9H,4-8H2,1-3H3,(H,17,18). The molecule has 1 rings (SSSR count). The molecule has 0 bridgehead atoms. The van der Waals surface area contributed by atoms with Crippen LogP contribution in [0.1, 0.15) is 20.3 Å². The maximum absolute atomic E-state index is 12.3. The molecule has 1 saturated heterocycles. The predicted octanol–water partition coefficient (Wildman–Crippen LogP) is 0.0655. The first kappa shape index (κ1) is 15.3. The Morgan fingerprint density at radius 1 is 1.37 bits per heavy atom. The van der Waals surface area contributed by atoms with Crippen molar-refractivity contribution in [2.45, 2.75) is 26.3 Å². The van der Waals surface area contributed by atoms with Crippen LogP contribution in [-0.2, 0) is 9.59 Å². The maximum atomic E-state index is 12.3. The number of nitrogens with zero attached hydrogens (tertiary/aromatic N) is 3. The van der Waals surface area contributed by atoms with E-state index in [2.05, 4.69) is 0 Å². The molecule has 0 aromatic rings. The summed E-state index contributed by atoms with van der Waals surface area (Å²) in [6.45, 7) is 4.26. The van der Waals surface area contributed by atoms with Gasteiger partial charge in [-0.05, 0) is 20.3 Å². The van der Waals surface area contributed by atoms with Crippen molar-refractivity contribution in [3.8, 4) is 0 Å². The molecule has 0 spiro atoms. The van der Waals surface area contributed by atoms with Crippen molar-refractivity contribution in [2.75, 3.05) is 33.2 Å². The van der Waals surface area contributed by atoms with Crippen molar-refractivity contribution in [2.24, 2.45) is 0 Å². The number of aliphatic carboxylic acids is 1. The summed E-state index contributed by atoms with van der Waals surface area (Å²) < 4.78 is 0. The van der Waals surface area contributed by atoms with Crippen molar-refractivity contribution < 1.29 is 19.5 Å². The SMILES string of the molecule is CC(C)N(CC(=O)O)C(=O)N1CCCN(C)C(=O)C1. The van der Waals surface area contributed by atoms with E-state index in [4.69, 9.17) is 5.11 Å². The van der Waals surface area contributed by atoms with Crippen LogP contribution in [0, 0.1) is 0 Å². The maximum Gasteiger partial charge on any atom is 0.323 e. The number of urea groups is 1. The van der Waals surface area contributed by atoms with Gasteiger partial charge in [-0.1, -0.05) is 0 Å². The first-order valence-corrected chi connectivity index (χ1v) is 6.34. The van der Waals surface area contributed by atoms with E-state index < -0.39 is 5.97 Å². The third-order valence-corrected chi connectivity index (χ3v) is 3.12. The molecule has 7 nitrogen and oxygen atoms in total. The van der Waals surface area contributed by atoms with E-state index in [1.807, 2.05) is 0 Å². The highest BCUT2D eigenvalue weighted by Crippen LogP contribution is 2.09. The Bertz CT molecular complexity index is 370. The van der Waals surface area contributed by atoms with Crippen LogP contribution >= 0.6 is 0 Å². The Balaban J connectivity index is 2.78. The molecule has 1 N–H and O–H groups in total. The minimum atomic E-state index is -1.06. The van der Waals surface area contributed by atoms with E-state index in [-0.39, 0.29) is 31.1 Å². The van der Waals surface area contributed by atoms with E-state index >= 15 is 0 Å². The fourth-order valence-corrected chi connectivity index (χ4v) is 1.95. The minimum Gasteiger partial charge on any atom is -0.480 e. The molecule has 0 unspecified atom stereocenters. The van der Waals surface area contributed by atoms with E-state index in [0.29, 0.717) is 19.5 Å². The highest BCUT2D eigenvalue weighted by Gasteiger charge is 2.28. The summed E-state index contributed by atoms with van der Waals surface area (Å²) in [5, 5.41) is 8.84. The number of amides is 3.